The molecule has 120 valence electrons. The van der Waals surface area contributed by atoms with Gasteiger partial charge in [0, 0.05) is 21.5 Å². The third-order valence-corrected chi connectivity index (χ3v) is 4.12. The van der Waals surface area contributed by atoms with Gasteiger partial charge in [0.2, 0.25) is 0 Å². The van der Waals surface area contributed by atoms with Crippen LogP contribution in [0.15, 0.2) is 53.0 Å². The predicted molar refractivity (Wildman–Crippen MR) is 92.6 cm³/mol. The van der Waals surface area contributed by atoms with Crippen LogP contribution in [0, 0.1) is 0 Å². The molecule has 0 bridgehead atoms. The minimum atomic E-state index is -0.814. The molecule has 0 saturated carbocycles. The van der Waals surface area contributed by atoms with Crippen molar-refractivity contribution in [3.8, 4) is 0 Å². The third kappa shape index (κ3) is 4.81. The first kappa shape index (κ1) is 17.5. The number of nitrogens with one attached hydrogen (secondary N) is 1. The van der Waals surface area contributed by atoms with E-state index in [0.717, 1.165) is 10.0 Å². The Kier molecular flexibility index (Phi) is 6.19. The molecule has 2 aromatic rings. The van der Waals surface area contributed by atoms with Gasteiger partial charge in [-0.15, -0.1) is 0 Å². The molecule has 0 unspecified atom stereocenters. The van der Waals surface area contributed by atoms with Crippen molar-refractivity contribution < 1.29 is 14.3 Å². The second kappa shape index (κ2) is 8.13. The lowest BCUT2D eigenvalue weighted by Crippen LogP contribution is -2.43. The van der Waals surface area contributed by atoms with Crippen LogP contribution in [-0.4, -0.2) is 25.0 Å². The fourth-order valence-corrected chi connectivity index (χ4v) is 2.70. The Morgan fingerprint density at radius 3 is 2.61 bits per heavy atom. The second-order valence-corrected chi connectivity index (χ2v) is 6.18. The molecule has 0 saturated heterocycles. The van der Waals surface area contributed by atoms with Crippen LogP contribution in [0.1, 0.15) is 15.9 Å². The summed E-state index contributed by atoms with van der Waals surface area (Å²) in [5, 5.41) is 3.23. The molecular weight excluding hydrogens is 382 g/mol. The molecule has 0 aromatic heterocycles. The number of hydrogen-bond acceptors (Lipinski definition) is 3. The van der Waals surface area contributed by atoms with E-state index < -0.39 is 12.0 Å². The predicted octanol–water partition coefficient (Wildman–Crippen LogP) is 3.62. The lowest BCUT2D eigenvalue weighted by Gasteiger charge is -2.17. The van der Waals surface area contributed by atoms with E-state index >= 15 is 0 Å². The molecule has 2 aromatic carbocycles. The monoisotopic (exact) mass is 395 g/mol. The van der Waals surface area contributed by atoms with Crippen LogP contribution < -0.4 is 5.32 Å². The average Bonchev–Trinajstić information content (AvgIpc) is 2.55. The molecule has 0 aliphatic rings. The van der Waals surface area contributed by atoms with E-state index in [1.54, 1.807) is 30.3 Å². The molecule has 0 aliphatic heterocycles. The van der Waals surface area contributed by atoms with Crippen LogP contribution >= 0.6 is 27.5 Å². The molecule has 0 fully saturated rings. The number of halogens is 2. The number of carbonyl (C=O) groups is 2. The molecular formula is C17H15BrClNO3. The van der Waals surface area contributed by atoms with E-state index in [0.29, 0.717) is 10.6 Å². The highest BCUT2D eigenvalue weighted by Gasteiger charge is 2.23. The average molecular weight is 397 g/mol. The van der Waals surface area contributed by atoms with Crippen molar-refractivity contribution in [1.82, 2.24) is 5.32 Å². The largest absolute Gasteiger partial charge is 0.467 e. The number of rotatable bonds is 5. The number of hydrogen-bond donors (Lipinski definition) is 1. The number of amides is 1. The molecule has 23 heavy (non-hydrogen) atoms. The third-order valence-electron chi connectivity index (χ3n) is 3.26. The lowest BCUT2D eigenvalue weighted by molar-refractivity contribution is -0.142. The van der Waals surface area contributed by atoms with Crippen LogP contribution in [0.2, 0.25) is 5.02 Å². The van der Waals surface area contributed by atoms with Crippen LogP contribution in [0.4, 0.5) is 0 Å². The number of ether oxygens (including phenoxy) is 1. The highest BCUT2D eigenvalue weighted by atomic mass is 79.9. The number of carbonyl (C=O) groups excluding carboxylic acids is 2. The van der Waals surface area contributed by atoms with Crippen molar-refractivity contribution in [1.29, 1.82) is 0 Å². The summed E-state index contributed by atoms with van der Waals surface area (Å²) < 4.78 is 5.56. The normalized spacial score (nSPS) is 11.6. The topological polar surface area (TPSA) is 55.4 Å². The Morgan fingerprint density at radius 2 is 1.96 bits per heavy atom. The first-order valence-electron chi connectivity index (χ1n) is 6.89. The van der Waals surface area contributed by atoms with Crippen LogP contribution in [0.3, 0.4) is 0 Å². The first-order valence-corrected chi connectivity index (χ1v) is 8.06. The van der Waals surface area contributed by atoms with Crippen molar-refractivity contribution in [3.63, 3.8) is 0 Å². The molecule has 0 aliphatic carbocycles. The van der Waals surface area contributed by atoms with Crippen LogP contribution in [-0.2, 0) is 16.0 Å². The summed E-state index contributed by atoms with van der Waals surface area (Å²) in [6, 6.07) is 13.3. The quantitative estimate of drug-likeness (QED) is 0.786. The van der Waals surface area contributed by atoms with Gasteiger partial charge in [-0.3, -0.25) is 4.79 Å². The molecule has 2 rings (SSSR count). The zero-order valence-corrected chi connectivity index (χ0v) is 14.7. The van der Waals surface area contributed by atoms with Gasteiger partial charge >= 0.3 is 5.97 Å². The summed E-state index contributed by atoms with van der Waals surface area (Å²) in [6.45, 7) is 0. The van der Waals surface area contributed by atoms with Gasteiger partial charge in [0.15, 0.2) is 0 Å². The van der Waals surface area contributed by atoms with Crippen LogP contribution in [0.25, 0.3) is 0 Å². The Morgan fingerprint density at radius 1 is 1.22 bits per heavy atom. The smallest absolute Gasteiger partial charge is 0.328 e. The molecule has 1 amide bonds. The highest BCUT2D eigenvalue weighted by molar-refractivity contribution is 9.10. The fourth-order valence-electron chi connectivity index (χ4n) is 2.09. The summed E-state index contributed by atoms with van der Waals surface area (Å²) in [4.78, 5) is 24.3. The van der Waals surface area contributed by atoms with E-state index in [4.69, 9.17) is 16.3 Å². The van der Waals surface area contributed by atoms with E-state index in [-0.39, 0.29) is 12.3 Å². The number of methoxy groups -OCH3 is 1. The Labute approximate surface area is 147 Å². The summed E-state index contributed by atoms with van der Waals surface area (Å²) >= 11 is 9.43. The molecule has 1 N–H and O–H groups in total. The van der Waals surface area contributed by atoms with Gasteiger partial charge < -0.3 is 10.1 Å². The second-order valence-electron chi connectivity index (χ2n) is 4.86. The molecule has 6 heteroatoms. The Balaban J connectivity index is 2.17. The zero-order valence-electron chi connectivity index (χ0n) is 12.4. The van der Waals surface area contributed by atoms with Gasteiger partial charge in [0.1, 0.15) is 6.04 Å². The standard InChI is InChI=1S/C17H15BrClNO3/c1-23-17(22)15(10-11-5-2-3-8-14(11)19)20-16(21)12-6-4-7-13(18)9-12/h2-9,15H,10H2,1H3,(H,20,21)/t15-/m1/s1. The molecule has 0 radical (unpaired) electrons. The van der Waals surface area contributed by atoms with Gasteiger partial charge in [-0.2, -0.15) is 0 Å². The van der Waals surface area contributed by atoms with E-state index in [1.165, 1.54) is 7.11 Å². The zero-order chi connectivity index (χ0) is 16.8. The van der Waals surface area contributed by atoms with Gasteiger partial charge in [-0.1, -0.05) is 51.8 Å². The lowest BCUT2D eigenvalue weighted by atomic mass is 10.1. The van der Waals surface area contributed by atoms with Crippen molar-refractivity contribution in [2.75, 3.05) is 7.11 Å². The molecule has 0 heterocycles. The van der Waals surface area contributed by atoms with Crippen molar-refractivity contribution >= 4 is 39.4 Å². The molecule has 1 atom stereocenters. The minimum Gasteiger partial charge on any atom is -0.467 e. The first-order chi connectivity index (χ1) is 11.0. The van der Waals surface area contributed by atoms with Crippen LogP contribution in [0.5, 0.6) is 0 Å². The van der Waals surface area contributed by atoms with Gasteiger partial charge in [0.25, 0.3) is 5.91 Å². The molecule has 4 nitrogen and oxygen atoms in total. The van der Waals surface area contributed by atoms with Crippen molar-refractivity contribution in [3.05, 3.63) is 69.2 Å². The SMILES string of the molecule is COC(=O)[C@@H](Cc1ccccc1Cl)NC(=O)c1cccc(Br)c1. The summed E-state index contributed by atoms with van der Waals surface area (Å²) in [5.41, 5.74) is 1.21. The van der Waals surface area contributed by atoms with Crippen molar-refractivity contribution in [2.24, 2.45) is 0 Å². The van der Waals surface area contributed by atoms with E-state index in [2.05, 4.69) is 21.2 Å². The summed E-state index contributed by atoms with van der Waals surface area (Å²) in [6.07, 6.45) is 0.256. The fraction of sp³-hybridized carbons (Fsp3) is 0.176. The molecule has 0 spiro atoms. The Bertz CT molecular complexity index is 720. The highest BCUT2D eigenvalue weighted by Crippen LogP contribution is 2.18. The van der Waals surface area contributed by atoms with Gasteiger partial charge in [-0.25, -0.2) is 4.79 Å². The van der Waals surface area contributed by atoms with Gasteiger partial charge in [0.05, 0.1) is 7.11 Å². The number of benzene rings is 2. The maximum Gasteiger partial charge on any atom is 0.328 e. The van der Waals surface area contributed by atoms with Crippen molar-refractivity contribution in [2.45, 2.75) is 12.5 Å². The van der Waals surface area contributed by atoms with Gasteiger partial charge in [-0.05, 0) is 29.8 Å². The number of esters is 1. The van der Waals surface area contributed by atoms with E-state index in [1.807, 2.05) is 18.2 Å². The minimum absolute atomic E-state index is 0.256. The summed E-state index contributed by atoms with van der Waals surface area (Å²) in [5.74, 6) is -0.873. The maximum absolute atomic E-state index is 12.3. The summed E-state index contributed by atoms with van der Waals surface area (Å²) in [7, 11) is 1.28. The van der Waals surface area contributed by atoms with E-state index in [9.17, 15) is 9.59 Å². The maximum atomic E-state index is 12.3. The Hall–Kier alpha value is -1.85.